The summed E-state index contributed by atoms with van der Waals surface area (Å²) in [6.45, 7) is 7.64. The predicted molar refractivity (Wildman–Crippen MR) is 124 cm³/mol. The van der Waals surface area contributed by atoms with E-state index in [4.69, 9.17) is 18.9 Å². The first-order chi connectivity index (χ1) is 15.5. The number of nitrogens with zero attached hydrogens (tertiary/aromatic N) is 1. The van der Waals surface area contributed by atoms with Crippen molar-refractivity contribution in [2.75, 3.05) is 53.7 Å². The van der Waals surface area contributed by atoms with Crippen LogP contribution in [-0.2, 0) is 9.53 Å². The summed E-state index contributed by atoms with van der Waals surface area (Å²) < 4.78 is 22.1. The van der Waals surface area contributed by atoms with E-state index >= 15 is 0 Å². The van der Waals surface area contributed by atoms with Gasteiger partial charge in [-0.25, -0.2) is 0 Å². The van der Waals surface area contributed by atoms with E-state index < -0.39 is 0 Å². The van der Waals surface area contributed by atoms with Crippen LogP contribution in [0.2, 0.25) is 0 Å². The van der Waals surface area contributed by atoms with Crippen molar-refractivity contribution < 1.29 is 23.7 Å². The quantitative estimate of drug-likeness (QED) is 0.608. The van der Waals surface area contributed by atoms with Gasteiger partial charge in [0.15, 0.2) is 18.1 Å². The Morgan fingerprint density at radius 3 is 2.47 bits per heavy atom. The first-order valence-electron chi connectivity index (χ1n) is 11.0. The summed E-state index contributed by atoms with van der Waals surface area (Å²) in [6.07, 6.45) is 0. The van der Waals surface area contributed by atoms with Gasteiger partial charge in [0.25, 0.3) is 5.91 Å². The summed E-state index contributed by atoms with van der Waals surface area (Å²) in [4.78, 5) is 14.9. The van der Waals surface area contributed by atoms with Crippen LogP contribution >= 0.6 is 0 Å². The Morgan fingerprint density at radius 1 is 1.03 bits per heavy atom. The average Bonchev–Trinajstić information content (AvgIpc) is 2.83. The summed E-state index contributed by atoms with van der Waals surface area (Å²) in [5.41, 5.74) is 2.24. The number of morpholine rings is 1. The van der Waals surface area contributed by atoms with Gasteiger partial charge >= 0.3 is 0 Å². The van der Waals surface area contributed by atoms with Crippen molar-refractivity contribution in [3.63, 3.8) is 0 Å². The van der Waals surface area contributed by atoms with E-state index in [0.29, 0.717) is 42.9 Å². The standard InChI is InChI=1S/C25H34N2O5/c1-18(2)19-6-5-7-21(14-19)32-17-25(28)26-16-22(27-10-12-31-13-11-27)20-8-9-23(29-3)24(15-20)30-4/h5-9,14-15,18,22H,10-13,16-17H2,1-4H3,(H,26,28). The highest BCUT2D eigenvalue weighted by atomic mass is 16.5. The number of benzene rings is 2. The van der Waals surface area contributed by atoms with Crippen molar-refractivity contribution in [1.29, 1.82) is 0 Å². The number of carbonyl (C=O) groups excluding carboxylic acids is 1. The van der Waals surface area contributed by atoms with Crippen LogP contribution < -0.4 is 19.5 Å². The molecule has 2 aromatic rings. The zero-order valence-electron chi connectivity index (χ0n) is 19.4. The average molecular weight is 443 g/mol. The molecule has 7 nitrogen and oxygen atoms in total. The molecule has 1 aliphatic heterocycles. The lowest BCUT2D eigenvalue weighted by Crippen LogP contribution is -2.44. The van der Waals surface area contributed by atoms with Crippen molar-refractivity contribution in [3.05, 3.63) is 53.6 Å². The highest BCUT2D eigenvalue weighted by molar-refractivity contribution is 5.77. The van der Waals surface area contributed by atoms with Crippen molar-refractivity contribution >= 4 is 5.91 Å². The Hall–Kier alpha value is -2.77. The number of rotatable bonds is 10. The van der Waals surface area contributed by atoms with Crippen LogP contribution in [0.3, 0.4) is 0 Å². The maximum Gasteiger partial charge on any atom is 0.258 e. The zero-order valence-corrected chi connectivity index (χ0v) is 19.4. The van der Waals surface area contributed by atoms with Crippen LogP contribution in [0, 0.1) is 0 Å². The first-order valence-corrected chi connectivity index (χ1v) is 11.0. The second-order valence-corrected chi connectivity index (χ2v) is 8.10. The largest absolute Gasteiger partial charge is 0.493 e. The molecular formula is C25H34N2O5. The number of amides is 1. The number of hydrogen-bond acceptors (Lipinski definition) is 6. The molecule has 1 aliphatic rings. The van der Waals surface area contributed by atoms with E-state index in [2.05, 4.69) is 30.1 Å². The molecule has 0 aliphatic carbocycles. The van der Waals surface area contributed by atoms with Crippen molar-refractivity contribution in [3.8, 4) is 17.2 Å². The Morgan fingerprint density at radius 2 is 1.78 bits per heavy atom. The number of carbonyl (C=O) groups is 1. The highest BCUT2D eigenvalue weighted by Gasteiger charge is 2.24. The zero-order chi connectivity index (χ0) is 22.9. The number of nitrogens with one attached hydrogen (secondary N) is 1. The van der Waals surface area contributed by atoms with Crippen LogP contribution in [0.4, 0.5) is 0 Å². The van der Waals surface area contributed by atoms with E-state index in [1.807, 2.05) is 36.4 Å². The summed E-state index contributed by atoms with van der Waals surface area (Å²) >= 11 is 0. The second-order valence-electron chi connectivity index (χ2n) is 8.10. The number of methoxy groups -OCH3 is 2. The summed E-state index contributed by atoms with van der Waals surface area (Å²) in [5, 5.41) is 3.03. The molecule has 1 unspecified atom stereocenters. The fourth-order valence-electron chi connectivity index (χ4n) is 3.78. The normalized spacial score (nSPS) is 15.3. The summed E-state index contributed by atoms with van der Waals surface area (Å²) in [5.74, 6) is 2.30. The van der Waals surface area contributed by atoms with E-state index in [1.54, 1.807) is 14.2 Å². The van der Waals surface area contributed by atoms with Crippen LogP contribution in [0.1, 0.15) is 36.9 Å². The molecule has 0 bridgehead atoms. The molecule has 1 fully saturated rings. The molecule has 174 valence electrons. The van der Waals surface area contributed by atoms with E-state index in [1.165, 1.54) is 5.56 Å². The molecule has 32 heavy (non-hydrogen) atoms. The van der Waals surface area contributed by atoms with Gasteiger partial charge in [-0.15, -0.1) is 0 Å². The molecule has 2 aromatic carbocycles. The highest BCUT2D eigenvalue weighted by Crippen LogP contribution is 2.32. The van der Waals surface area contributed by atoms with Gasteiger partial charge in [0.2, 0.25) is 0 Å². The fraction of sp³-hybridized carbons (Fsp3) is 0.480. The third kappa shape index (κ3) is 6.37. The van der Waals surface area contributed by atoms with Crippen LogP contribution in [0.15, 0.2) is 42.5 Å². The maximum absolute atomic E-state index is 12.6. The summed E-state index contributed by atoms with van der Waals surface area (Å²) in [7, 11) is 3.24. The fourth-order valence-corrected chi connectivity index (χ4v) is 3.78. The third-order valence-corrected chi connectivity index (χ3v) is 5.67. The van der Waals surface area contributed by atoms with E-state index in [0.717, 1.165) is 18.7 Å². The Kier molecular flexibility index (Phi) is 8.76. The van der Waals surface area contributed by atoms with Crippen LogP contribution in [0.5, 0.6) is 17.2 Å². The molecule has 3 rings (SSSR count). The van der Waals surface area contributed by atoms with E-state index in [9.17, 15) is 4.79 Å². The smallest absolute Gasteiger partial charge is 0.258 e. The number of ether oxygens (including phenoxy) is 4. The van der Waals surface area contributed by atoms with Gasteiger partial charge in [-0.1, -0.05) is 32.0 Å². The molecule has 0 radical (unpaired) electrons. The summed E-state index contributed by atoms with van der Waals surface area (Å²) in [6, 6.07) is 13.8. The van der Waals surface area contributed by atoms with E-state index in [-0.39, 0.29) is 18.6 Å². The molecule has 1 saturated heterocycles. The Labute approximate surface area is 190 Å². The SMILES string of the molecule is COc1ccc(C(CNC(=O)COc2cccc(C(C)C)c2)N2CCOCC2)cc1OC. The second kappa shape index (κ2) is 11.7. The van der Waals surface area contributed by atoms with Crippen molar-refractivity contribution in [2.45, 2.75) is 25.8 Å². The van der Waals surface area contributed by atoms with Gasteiger partial charge < -0.3 is 24.3 Å². The molecule has 0 spiro atoms. The predicted octanol–water partition coefficient (Wildman–Crippen LogP) is 3.40. The topological polar surface area (TPSA) is 69.3 Å². The minimum absolute atomic E-state index is 0.00748. The van der Waals surface area contributed by atoms with Crippen LogP contribution in [0.25, 0.3) is 0 Å². The lowest BCUT2D eigenvalue weighted by Gasteiger charge is -2.35. The van der Waals surface area contributed by atoms with Gasteiger partial charge in [-0.05, 0) is 41.3 Å². The van der Waals surface area contributed by atoms with Gasteiger partial charge in [-0.2, -0.15) is 0 Å². The van der Waals surface area contributed by atoms with Gasteiger partial charge in [0.05, 0.1) is 33.5 Å². The van der Waals surface area contributed by atoms with Gasteiger partial charge in [0.1, 0.15) is 5.75 Å². The van der Waals surface area contributed by atoms with Crippen molar-refractivity contribution in [2.24, 2.45) is 0 Å². The lowest BCUT2D eigenvalue weighted by molar-refractivity contribution is -0.123. The minimum atomic E-state index is -0.154. The number of hydrogen-bond donors (Lipinski definition) is 1. The molecule has 1 amide bonds. The van der Waals surface area contributed by atoms with Gasteiger partial charge in [0, 0.05) is 19.6 Å². The molecule has 0 saturated carbocycles. The Balaban J connectivity index is 1.65. The first kappa shape index (κ1) is 23.9. The monoisotopic (exact) mass is 442 g/mol. The third-order valence-electron chi connectivity index (χ3n) is 5.67. The van der Waals surface area contributed by atoms with Crippen molar-refractivity contribution in [1.82, 2.24) is 10.2 Å². The molecular weight excluding hydrogens is 408 g/mol. The lowest BCUT2D eigenvalue weighted by atomic mass is 10.0. The Bertz CT molecular complexity index is 880. The maximum atomic E-state index is 12.6. The minimum Gasteiger partial charge on any atom is -0.493 e. The van der Waals surface area contributed by atoms with Gasteiger partial charge in [-0.3, -0.25) is 9.69 Å². The van der Waals surface area contributed by atoms with Crippen LogP contribution in [-0.4, -0.2) is 64.5 Å². The molecule has 1 N–H and O–H groups in total. The molecule has 1 atom stereocenters. The molecule has 7 heteroatoms. The molecule has 0 aromatic heterocycles. The molecule has 1 heterocycles.